The molecule has 2 aromatic heterocycles. The molecule has 4 nitrogen and oxygen atoms in total. The third-order valence-electron chi connectivity index (χ3n) is 4.77. The molecule has 1 N–H and O–H groups in total. The van der Waals surface area contributed by atoms with Gasteiger partial charge in [0.1, 0.15) is 5.82 Å². The lowest BCUT2D eigenvalue weighted by Gasteiger charge is -2.30. The molecule has 0 spiro atoms. The largest absolute Gasteiger partial charge is 0.391 e. The number of aromatic amines is 1. The normalized spacial score (nSPS) is 21.5. The molecule has 8 heteroatoms. The maximum Gasteiger partial charge on any atom is 0.391 e. The van der Waals surface area contributed by atoms with Gasteiger partial charge in [-0.2, -0.15) is 13.2 Å². The zero-order valence-corrected chi connectivity index (χ0v) is 15.1. The minimum absolute atomic E-state index is 0.0852. The van der Waals surface area contributed by atoms with Crippen LogP contribution in [0.2, 0.25) is 0 Å². The smallest absolute Gasteiger partial charge is 0.310 e. The summed E-state index contributed by atoms with van der Waals surface area (Å²) in [5, 5.41) is 0.846. The van der Waals surface area contributed by atoms with Crippen molar-refractivity contribution in [3.63, 3.8) is 0 Å². The molecule has 3 rings (SSSR count). The number of nitrogens with zero attached hydrogens (tertiary/aromatic N) is 2. The highest BCUT2D eigenvalue weighted by molar-refractivity contribution is 7.15. The van der Waals surface area contributed by atoms with Crippen LogP contribution < -0.4 is 5.56 Å². The quantitative estimate of drug-likeness (QED) is 0.836. The van der Waals surface area contributed by atoms with Gasteiger partial charge in [0.05, 0.1) is 32.8 Å². The summed E-state index contributed by atoms with van der Waals surface area (Å²) < 4.78 is 38.8. The predicted molar refractivity (Wildman–Crippen MR) is 90.9 cm³/mol. The van der Waals surface area contributed by atoms with E-state index in [4.69, 9.17) is 0 Å². The number of hydrogen-bond acceptors (Lipinski definition) is 4. The molecule has 0 aliphatic heterocycles. The zero-order chi connectivity index (χ0) is 18.4. The van der Waals surface area contributed by atoms with Crippen molar-refractivity contribution >= 4 is 11.3 Å². The molecule has 2 aromatic rings. The number of aryl methyl sites for hydroxylation is 3. The van der Waals surface area contributed by atoms with Crippen molar-refractivity contribution in [2.75, 3.05) is 0 Å². The van der Waals surface area contributed by atoms with Gasteiger partial charge in [-0.3, -0.25) is 4.79 Å². The molecule has 0 bridgehead atoms. The molecule has 136 valence electrons. The van der Waals surface area contributed by atoms with Gasteiger partial charge in [0, 0.05) is 5.92 Å². The lowest BCUT2D eigenvalue weighted by atomic mass is 9.79. The highest BCUT2D eigenvalue weighted by Gasteiger charge is 2.42. The average molecular weight is 371 g/mol. The van der Waals surface area contributed by atoms with Crippen LogP contribution in [-0.2, 0) is 0 Å². The van der Waals surface area contributed by atoms with Crippen LogP contribution in [-0.4, -0.2) is 21.1 Å². The number of halogens is 3. The van der Waals surface area contributed by atoms with Crippen molar-refractivity contribution < 1.29 is 13.2 Å². The van der Waals surface area contributed by atoms with E-state index in [1.54, 1.807) is 6.92 Å². The van der Waals surface area contributed by atoms with Gasteiger partial charge in [0.25, 0.3) is 5.56 Å². The number of hydrogen-bond donors (Lipinski definition) is 1. The number of nitrogens with one attached hydrogen (secondary N) is 1. The van der Waals surface area contributed by atoms with Gasteiger partial charge in [0.15, 0.2) is 0 Å². The van der Waals surface area contributed by atoms with E-state index >= 15 is 0 Å². The summed E-state index contributed by atoms with van der Waals surface area (Å²) in [6.45, 7) is 5.40. The Hall–Kier alpha value is -1.70. The van der Waals surface area contributed by atoms with E-state index in [2.05, 4.69) is 15.0 Å². The predicted octanol–water partition coefficient (Wildman–Crippen LogP) is 4.65. The van der Waals surface area contributed by atoms with Crippen LogP contribution in [0.25, 0.3) is 10.4 Å². The summed E-state index contributed by atoms with van der Waals surface area (Å²) in [6.07, 6.45) is -3.19. The third-order valence-corrected chi connectivity index (χ3v) is 5.86. The number of aromatic nitrogens is 3. The van der Waals surface area contributed by atoms with Crippen LogP contribution >= 0.6 is 11.3 Å². The highest BCUT2D eigenvalue weighted by Crippen LogP contribution is 2.44. The second-order valence-corrected chi connectivity index (χ2v) is 7.85. The summed E-state index contributed by atoms with van der Waals surface area (Å²) in [5.74, 6) is -0.889. The Labute approximate surface area is 147 Å². The fourth-order valence-electron chi connectivity index (χ4n) is 3.58. The molecule has 0 radical (unpaired) electrons. The molecule has 0 amide bonds. The van der Waals surface area contributed by atoms with Gasteiger partial charge in [-0.1, -0.05) is 0 Å². The van der Waals surface area contributed by atoms with Gasteiger partial charge in [-0.25, -0.2) is 9.97 Å². The minimum Gasteiger partial charge on any atom is -0.310 e. The first-order chi connectivity index (χ1) is 11.7. The molecule has 1 aliphatic rings. The van der Waals surface area contributed by atoms with Gasteiger partial charge < -0.3 is 4.98 Å². The van der Waals surface area contributed by atoms with Crippen molar-refractivity contribution in [1.82, 2.24) is 15.0 Å². The lowest BCUT2D eigenvalue weighted by molar-refractivity contribution is -0.182. The summed E-state index contributed by atoms with van der Waals surface area (Å²) in [5.41, 5.74) is 1.61. The van der Waals surface area contributed by atoms with Gasteiger partial charge in [-0.05, 0) is 46.5 Å². The molecular formula is C17H20F3N3OS. The van der Waals surface area contributed by atoms with Gasteiger partial charge >= 0.3 is 6.18 Å². The molecule has 0 atom stereocenters. The Balaban J connectivity index is 2.00. The van der Waals surface area contributed by atoms with Crippen LogP contribution in [0, 0.1) is 26.7 Å². The maximum absolute atomic E-state index is 12.9. The molecule has 1 fully saturated rings. The first-order valence-electron chi connectivity index (χ1n) is 8.28. The fourth-order valence-corrected chi connectivity index (χ4v) is 4.55. The standard InChI is InChI=1S/C17H20F3N3OS/c1-8-15(25-10(3)21-8)13-14(22-9(2)23-16(13)24)11-4-6-12(7-5-11)17(18,19)20/h11-12H,4-7H2,1-3H3,(H,22,23,24)/t11-,12+. The molecule has 1 aliphatic carbocycles. The monoisotopic (exact) mass is 371 g/mol. The number of thiazole rings is 1. The molecule has 25 heavy (non-hydrogen) atoms. The summed E-state index contributed by atoms with van der Waals surface area (Å²) in [4.78, 5) is 25.0. The average Bonchev–Trinajstić information content (AvgIpc) is 2.84. The Bertz CT molecular complexity index is 833. The van der Waals surface area contributed by atoms with E-state index in [0.717, 1.165) is 15.6 Å². The summed E-state index contributed by atoms with van der Waals surface area (Å²) in [7, 11) is 0. The van der Waals surface area contributed by atoms with Crippen LogP contribution in [0.3, 0.4) is 0 Å². The molecule has 0 saturated heterocycles. The van der Waals surface area contributed by atoms with Crippen molar-refractivity contribution in [3.8, 4) is 10.4 Å². The Morgan fingerprint density at radius 3 is 2.24 bits per heavy atom. The van der Waals surface area contributed by atoms with Crippen LogP contribution in [0.4, 0.5) is 13.2 Å². The number of H-pyrrole nitrogens is 1. The minimum atomic E-state index is -4.14. The van der Waals surface area contributed by atoms with Crippen LogP contribution in [0.15, 0.2) is 4.79 Å². The van der Waals surface area contributed by atoms with Crippen molar-refractivity contribution in [2.45, 2.75) is 58.5 Å². The number of alkyl halides is 3. The van der Waals surface area contributed by atoms with E-state index in [-0.39, 0.29) is 24.3 Å². The summed E-state index contributed by atoms with van der Waals surface area (Å²) >= 11 is 1.42. The maximum atomic E-state index is 12.9. The Morgan fingerprint density at radius 2 is 1.72 bits per heavy atom. The molecule has 0 aromatic carbocycles. The van der Waals surface area contributed by atoms with Gasteiger partial charge in [-0.15, -0.1) is 11.3 Å². The number of rotatable bonds is 2. The molecule has 1 saturated carbocycles. The topological polar surface area (TPSA) is 58.6 Å². The first kappa shape index (κ1) is 18.1. The van der Waals surface area contributed by atoms with E-state index < -0.39 is 12.1 Å². The molecular weight excluding hydrogens is 351 g/mol. The van der Waals surface area contributed by atoms with Crippen molar-refractivity contribution in [1.29, 1.82) is 0 Å². The molecule has 0 unspecified atom stereocenters. The first-order valence-corrected chi connectivity index (χ1v) is 9.10. The van der Waals surface area contributed by atoms with E-state index in [9.17, 15) is 18.0 Å². The second-order valence-electron chi connectivity index (χ2n) is 6.65. The van der Waals surface area contributed by atoms with E-state index in [1.807, 2.05) is 13.8 Å². The van der Waals surface area contributed by atoms with Crippen LogP contribution in [0.1, 0.15) is 53.8 Å². The Morgan fingerprint density at radius 1 is 1.08 bits per heavy atom. The van der Waals surface area contributed by atoms with Crippen LogP contribution in [0.5, 0.6) is 0 Å². The summed E-state index contributed by atoms with van der Waals surface area (Å²) in [6, 6.07) is 0. The lowest BCUT2D eigenvalue weighted by Crippen LogP contribution is -2.28. The zero-order valence-electron chi connectivity index (χ0n) is 14.3. The third kappa shape index (κ3) is 3.63. The van der Waals surface area contributed by atoms with E-state index in [0.29, 0.717) is 29.9 Å². The molecule has 2 heterocycles. The van der Waals surface area contributed by atoms with Gasteiger partial charge in [0.2, 0.25) is 0 Å². The van der Waals surface area contributed by atoms with Crippen molar-refractivity contribution in [2.24, 2.45) is 5.92 Å². The van der Waals surface area contributed by atoms with Crippen molar-refractivity contribution in [3.05, 3.63) is 32.6 Å². The fraction of sp³-hybridized carbons (Fsp3) is 0.588. The van der Waals surface area contributed by atoms with E-state index in [1.165, 1.54) is 11.3 Å². The second kappa shape index (κ2) is 6.55. The highest BCUT2D eigenvalue weighted by atomic mass is 32.1. The Kier molecular flexibility index (Phi) is 4.74. The SMILES string of the molecule is Cc1nc([C@H]2CC[C@@H](C(F)(F)F)CC2)c(-c2sc(C)nc2C)c(=O)[nH]1.